The van der Waals surface area contributed by atoms with E-state index in [1.807, 2.05) is 11.0 Å². The van der Waals surface area contributed by atoms with Gasteiger partial charge >= 0.3 is 0 Å². The number of amidine groups is 1. The number of amides is 1. The fraction of sp³-hybridized carbons (Fsp3) is 0.500. The number of hydrogen-bond acceptors (Lipinski definition) is 5. The molecule has 0 radical (unpaired) electrons. The number of carbonyl (C=O) groups excluding carboxylic acids is 1. The van der Waals surface area contributed by atoms with Crippen LogP contribution < -0.4 is 11.1 Å². The van der Waals surface area contributed by atoms with Gasteiger partial charge in [0, 0.05) is 38.8 Å². The van der Waals surface area contributed by atoms with E-state index in [1.165, 1.54) is 0 Å². The number of aromatic nitrogens is 1. The number of oxime groups is 1. The summed E-state index contributed by atoms with van der Waals surface area (Å²) in [4.78, 5) is 17.8. The van der Waals surface area contributed by atoms with E-state index >= 15 is 0 Å². The Morgan fingerprint density at radius 3 is 2.95 bits per heavy atom. The van der Waals surface area contributed by atoms with Gasteiger partial charge in [-0.3, -0.25) is 9.78 Å². The molecule has 1 aliphatic rings. The van der Waals surface area contributed by atoms with Crippen molar-refractivity contribution in [2.75, 3.05) is 19.6 Å². The minimum absolute atomic E-state index is 0.0129. The third kappa shape index (κ3) is 4.42. The fourth-order valence-electron chi connectivity index (χ4n) is 2.33. The standard InChI is InChI=1S/C14H21N5O2/c15-14(18-21)12-9-11(3-6-17-12)10-16-5-4-13(20)19-7-1-2-8-19/h3,6,9,16,21H,1-2,4-5,7-8,10H2,(H2,15,18). The van der Waals surface area contributed by atoms with Crippen molar-refractivity contribution in [2.45, 2.75) is 25.8 Å². The monoisotopic (exact) mass is 291 g/mol. The highest BCUT2D eigenvalue weighted by molar-refractivity contribution is 5.95. The Labute approximate surface area is 123 Å². The van der Waals surface area contributed by atoms with Crippen molar-refractivity contribution in [3.8, 4) is 0 Å². The lowest BCUT2D eigenvalue weighted by Crippen LogP contribution is -2.30. The summed E-state index contributed by atoms with van der Waals surface area (Å²) in [5.41, 5.74) is 6.90. The van der Waals surface area contributed by atoms with Crippen molar-refractivity contribution in [2.24, 2.45) is 10.9 Å². The van der Waals surface area contributed by atoms with Crippen LogP contribution in [0, 0.1) is 0 Å². The molecule has 4 N–H and O–H groups in total. The van der Waals surface area contributed by atoms with Crippen LogP contribution in [-0.2, 0) is 11.3 Å². The Balaban J connectivity index is 1.74. The van der Waals surface area contributed by atoms with Crippen LogP contribution in [0.2, 0.25) is 0 Å². The molecular formula is C14H21N5O2. The number of hydrogen-bond donors (Lipinski definition) is 3. The van der Waals surface area contributed by atoms with Crippen LogP contribution in [0.3, 0.4) is 0 Å². The molecule has 0 unspecified atom stereocenters. The average molecular weight is 291 g/mol. The molecular weight excluding hydrogens is 270 g/mol. The molecule has 1 fully saturated rings. The Kier molecular flexibility index (Phi) is 5.51. The lowest BCUT2D eigenvalue weighted by Gasteiger charge is -2.15. The van der Waals surface area contributed by atoms with E-state index in [9.17, 15) is 4.79 Å². The van der Waals surface area contributed by atoms with Crippen molar-refractivity contribution in [3.63, 3.8) is 0 Å². The van der Waals surface area contributed by atoms with Gasteiger partial charge in [0.2, 0.25) is 5.91 Å². The summed E-state index contributed by atoms with van der Waals surface area (Å²) < 4.78 is 0. The third-order valence-electron chi connectivity index (χ3n) is 3.50. The average Bonchev–Trinajstić information content (AvgIpc) is 3.05. The van der Waals surface area contributed by atoms with E-state index in [0.717, 1.165) is 31.5 Å². The third-order valence-corrected chi connectivity index (χ3v) is 3.50. The van der Waals surface area contributed by atoms with Gasteiger partial charge in [-0.1, -0.05) is 5.16 Å². The normalized spacial score (nSPS) is 15.4. The van der Waals surface area contributed by atoms with Crippen molar-refractivity contribution in [1.82, 2.24) is 15.2 Å². The molecule has 21 heavy (non-hydrogen) atoms. The molecule has 1 aliphatic heterocycles. The molecule has 1 amide bonds. The Morgan fingerprint density at radius 1 is 1.48 bits per heavy atom. The molecule has 2 rings (SSSR count). The highest BCUT2D eigenvalue weighted by atomic mass is 16.4. The maximum Gasteiger partial charge on any atom is 0.223 e. The lowest BCUT2D eigenvalue weighted by atomic mass is 10.2. The number of nitrogens with two attached hydrogens (primary N) is 1. The molecule has 2 heterocycles. The first-order chi connectivity index (χ1) is 10.2. The second-order valence-corrected chi connectivity index (χ2v) is 5.05. The number of likely N-dealkylation sites (tertiary alicyclic amines) is 1. The molecule has 0 bridgehead atoms. The summed E-state index contributed by atoms with van der Waals surface area (Å²) in [6.07, 6.45) is 4.36. The van der Waals surface area contributed by atoms with Crippen LogP contribution in [0.4, 0.5) is 0 Å². The first kappa shape index (κ1) is 15.2. The highest BCUT2D eigenvalue weighted by Crippen LogP contribution is 2.08. The van der Waals surface area contributed by atoms with Gasteiger partial charge in [-0.15, -0.1) is 0 Å². The summed E-state index contributed by atoms with van der Waals surface area (Å²) in [5, 5.41) is 14.8. The van der Waals surface area contributed by atoms with Gasteiger partial charge in [0.1, 0.15) is 5.69 Å². The number of nitrogens with one attached hydrogen (secondary N) is 1. The number of carbonyl (C=O) groups is 1. The fourth-order valence-corrected chi connectivity index (χ4v) is 2.33. The molecule has 1 saturated heterocycles. The quantitative estimate of drug-likeness (QED) is 0.230. The summed E-state index contributed by atoms with van der Waals surface area (Å²) in [5.74, 6) is 0.202. The van der Waals surface area contributed by atoms with Gasteiger partial charge in [-0.2, -0.15) is 0 Å². The van der Waals surface area contributed by atoms with Gasteiger partial charge in [-0.25, -0.2) is 0 Å². The molecule has 114 valence electrons. The maximum atomic E-state index is 11.9. The second kappa shape index (κ2) is 7.58. The molecule has 1 aromatic heterocycles. The zero-order valence-corrected chi connectivity index (χ0v) is 12.0. The summed E-state index contributed by atoms with van der Waals surface area (Å²) in [7, 11) is 0. The van der Waals surface area contributed by atoms with Gasteiger partial charge in [0.05, 0.1) is 0 Å². The molecule has 7 heteroatoms. The van der Waals surface area contributed by atoms with Crippen LogP contribution >= 0.6 is 0 Å². The first-order valence-electron chi connectivity index (χ1n) is 7.12. The highest BCUT2D eigenvalue weighted by Gasteiger charge is 2.16. The number of nitrogens with zero attached hydrogens (tertiary/aromatic N) is 3. The molecule has 1 aromatic rings. The van der Waals surface area contributed by atoms with E-state index in [0.29, 0.717) is 25.2 Å². The Bertz CT molecular complexity index is 512. The van der Waals surface area contributed by atoms with E-state index in [2.05, 4.69) is 15.5 Å². The molecule has 0 aromatic carbocycles. The minimum Gasteiger partial charge on any atom is -0.409 e. The summed E-state index contributed by atoms with van der Waals surface area (Å²) in [6.45, 7) is 3.04. The zero-order chi connectivity index (χ0) is 15.1. The van der Waals surface area contributed by atoms with E-state index in [1.54, 1.807) is 12.3 Å². The Morgan fingerprint density at radius 2 is 2.24 bits per heavy atom. The van der Waals surface area contributed by atoms with Crippen LogP contribution in [0.5, 0.6) is 0 Å². The van der Waals surface area contributed by atoms with Gasteiger partial charge in [-0.05, 0) is 30.5 Å². The molecule has 7 nitrogen and oxygen atoms in total. The van der Waals surface area contributed by atoms with Gasteiger partial charge < -0.3 is 21.2 Å². The first-order valence-corrected chi connectivity index (χ1v) is 7.12. The van der Waals surface area contributed by atoms with Crippen molar-refractivity contribution >= 4 is 11.7 Å². The smallest absolute Gasteiger partial charge is 0.223 e. The Hall–Kier alpha value is -2.15. The number of rotatable bonds is 6. The van der Waals surface area contributed by atoms with E-state index < -0.39 is 0 Å². The summed E-state index contributed by atoms with van der Waals surface area (Å²) in [6, 6.07) is 3.60. The lowest BCUT2D eigenvalue weighted by molar-refractivity contribution is -0.130. The minimum atomic E-state index is -0.0129. The zero-order valence-electron chi connectivity index (χ0n) is 12.0. The molecule has 0 saturated carbocycles. The molecule has 0 spiro atoms. The van der Waals surface area contributed by atoms with Crippen LogP contribution in [0.25, 0.3) is 0 Å². The predicted octanol–water partition coefficient (Wildman–Crippen LogP) is 0.278. The van der Waals surface area contributed by atoms with Crippen molar-refractivity contribution in [1.29, 1.82) is 0 Å². The van der Waals surface area contributed by atoms with Crippen LogP contribution in [0.15, 0.2) is 23.5 Å². The second-order valence-electron chi connectivity index (χ2n) is 5.05. The topological polar surface area (TPSA) is 104 Å². The SMILES string of the molecule is N/C(=N/O)c1cc(CNCCC(=O)N2CCCC2)ccn1. The van der Waals surface area contributed by atoms with E-state index in [-0.39, 0.29) is 11.7 Å². The van der Waals surface area contributed by atoms with Crippen LogP contribution in [0.1, 0.15) is 30.5 Å². The van der Waals surface area contributed by atoms with Crippen LogP contribution in [-0.4, -0.2) is 46.5 Å². The van der Waals surface area contributed by atoms with E-state index in [4.69, 9.17) is 10.9 Å². The van der Waals surface area contributed by atoms with Gasteiger partial charge in [0.25, 0.3) is 0 Å². The maximum absolute atomic E-state index is 11.9. The largest absolute Gasteiger partial charge is 0.409 e. The number of pyridine rings is 1. The van der Waals surface area contributed by atoms with Crippen molar-refractivity contribution < 1.29 is 10.0 Å². The molecule has 0 aliphatic carbocycles. The van der Waals surface area contributed by atoms with Gasteiger partial charge in [0.15, 0.2) is 5.84 Å². The summed E-state index contributed by atoms with van der Waals surface area (Å²) >= 11 is 0. The van der Waals surface area contributed by atoms with Crippen molar-refractivity contribution in [3.05, 3.63) is 29.6 Å². The predicted molar refractivity (Wildman–Crippen MR) is 78.9 cm³/mol. The molecule has 0 atom stereocenters.